The maximum atomic E-state index is 13.4. The highest BCUT2D eigenvalue weighted by molar-refractivity contribution is 7.80. The molecule has 0 saturated heterocycles. The van der Waals surface area contributed by atoms with Gasteiger partial charge in [0.05, 0.1) is 4.90 Å². The van der Waals surface area contributed by atoms with Crippen LogP contribution in [-0.4, -0.2) is 36.0 Å². The van der Waals surface area contributed by atoms with Gasteiger partial charge in [0.2, 0.25) is 17.0 Å². The van der Waals surface area contributed by atoms with Crippen LogP contribution < -0.4 is 14.2 Å². The molecule has 0 spiro atoms. The normalized spacial score (nSPS) is 12.7. The van der Waals surface area contributed by atoms with E-state index in [1.165, 1.54) is 0 Å². The van der Waals surface area contributed by atoms with Crippen molar-refractivity contribution in [3.8, 4) is 23.0 Å². The Kier molecular flexibility index (Phi) is 7.94. The first-order chi connectivity index (χ1) is 19.7. The minimum atomic E-state index is -1.69. The number of rotatable bonds is 9. The second-order valence-corrected chi connectivity index (χ2v) is 11.2. The molecule has 2 atom stereocenters. The Bertz CT molecular complexity index is 1760. The third-order valence-corrected chi connectivity index (χ3v) is 7.97. The zero-order valence-corrected chi connectivity index (χ0v) is 24.8. The summed E-state index contributed by atoms with van der Waals surface area (Å²) < 4.78 is 26.1. The molecule has 0 aliphatic heterocycles. The number of aromatic nitrogens is 4. The van der Waals surface area contributed by atoms with E-state index in [1.807, 2.05) is 71.9 Å². The van der Waals surface area contributed by atoms with E-state index in [9.17, 15) is 9.00 Å². The number of amides is 1. The van der Waals surface area contributed by atoms with Crippen molar-refractivity contribution in [2.45, 2.75) is 59.0 Å². The lowest BCUT2D eigenvalue weighted by Crippen LogP contribution is -2.33. The van der Waals surface area contributed by atoms with Crippen molar-refractivity contribution in [1.29, 1.82) is 0 Å². The molecule has 1 amide bonds. The largest absolute Gasteiger partial charge is 0.480 e. The molecule has 2 heterocycles. The van der Waals surface area contributed by atoms with Crippen molar-refractivity contribution in [2.24, 2.45) is 0 Å². The number of anilines is 1. The van der Waals surface area contributed by atoms with E-state index < -0.39 is 17.2 Å². The van der Waals surface area contributed by atoms with Crippen LogP contribution in [0.2, 0.25) is 0 Å². The van der Waals surface area contributed by atoms with Crippen molar-refractivity contribution < 1.29 is 17.9 Å². The van der Waals surface area contributed by atoms with Gasteiger partial charge in [-0.05, 0) is 81.5 Å². The van der Waals surface area contributed by atoms with Gasteiger partial charge in [-0.3, -0.25) is 9.89 Å². The van der Waals surface area contributed by atoms with Crippen LogP contribution in [0.3, 0.4) is 0 Å². The Morgan fingerprint density at radius 2 is 1.73 bits per heavy atom. The number of hydrogen-bond acceptors (Lipinski definition) is 6. The number of carbonyl (C=O) groups is 1. The number of carbonyl (C=O) groups excluding carboxylic acids is 1. The van der Waals surface area contributed by atoms with Crippen LogP contribution in [-0.2, 0) is 15.9 Å². The molecule has 5 rings (SSSR count). The van der Waals surface area contributed by atoms with Gasteiger partial charge in [-0.2, -0.15) is 0 Å². The van der Waals surface area contributed by atoms with Gasteiger partial charge in [0.1, 0.15) is 5.75 Å². The highest BCUT2D eigenvalue weighted by Gasteiger charge is 2.24. The molecular formula is C31H33N5O4S. The molecule has 0 saturated carbocycles. The molecule has 2 aromatic heterocycles. The van der Waals surface area contributed by atoms with Crippen molar-refractivity contribution in [3.63, 3.8) is 0 Å². The topological polar surface area (TPSA) is 111 Å². The molecule has 3 aromatic carbocycles. The number of nitrogens with zero attached hydrogens (tertiary/aromatic N) is 3. The Labute approximate surface area is 241 Å². The second-order valence-electron chi connectivity index (χ2n) is 10.1. The molecular weight excluding hydrogens is 538 g/mol. The van der Waals surface area contributed by atoms with Crippen LogP contribution in [0, 0.1) is 34.6 Å². The number of nitrogens with one attached hydrogen (secondary N) is 2. The highest BCUT2D eigenvalue weighted by atomic mass is 32.2. The fourth-order valence-corrected chi connectivity index (χ4v) is 5.68. The first kappa shape index (κ1) is 28.1. The van der Waals surface area contributed by atoms with E-state index in [0.717, 1.165) is 33.4 Å². The molecule has 9 nitrogen and oxygen atoms in total. The van der Waals surface area contributed by atoms with Crippen LogP contribution >= 0.6 is 0 Å². The number of fused-ring (bicyclic) bond motifs is 1. The number of aryl methyl sites for hydroxylation is 4. The summed E-state index contributed by atoms with van der Waals surface area (Å²) in [7, 11) is 0. The van der Waals surface area contributed by atoms with Gasteiger partial charge in [0.15, 0.2) is 17.6 Å². The van der Waals surface area contributed by atoms with Crippen molar-refractivity contribution in [3.05, 3.63) is 88.5 Å². The quantitative estimate of drug-likeness (QED) is 0.219. The zero-order chi connectivity index (χ0) is 29.3. The SMILES string of the molecule is CCC(Oc1ccc(C)cc1C)C(=O)Nc1c(C)cc(C)c(-c2nnc3cc(OS(=O)c4ccccc4)[nH]n23)c1C. The number of benzene rings is 3. The molecule has 2 unspecified atom stereocenters. The average Bonchev–Trinajstić information content (AvgIpc) is 3.51. The molecule has 0 aliphatic carbocycles. The molecule has 0 bridgehead atoms. The predicted octanol–water partition coefficient (Wildman–Crippen LogP) is 6.16. The fraction of sp³-hybridized carbons (Fsp3) is 0.258. The van der Waals surface area contributed by atoms with Crippen molar-refractivity contribution in [2.75, 3.05) is 5.32 Å². The van der Waals surface area contributed by atoms with Crippen LogP contribution in [0.25, 0.3) is 17.0 Å². The standard InChI is InChI=1S/C31H33N5O4S/c1-7-24(39-25-14-13-18(2)15-19(25)3)31(37)32-29-21(5)16-20(4)28(22(29)6)30-34-33-26-17-27(35-36(26)30)40-41(38)23-11-9-8-10-12-23/h8-17,24,35H,7H2,1-6H3,(H,32,37). The van der Waals surface area contributed by atoms with E-state index in [-0.39, 0.29) is 5.91 Å². The Balaban J connectivity index is 1.43. The Morgan fingerprint density at radius 3 is 2.44 bits per heavy atom. The molecule has 41 heavy (non-hydrogen) atoms. The number of hydrogen-bond donors (Lipinski definition) is 2. The van der Waals surface area contributed by atoms with E-state index in [4.69, 9.17) is 8.92 Å². The number of H-pyrrole nitrogens is 1. The molecule has 10 heteroatoms. The molecule has 0 radical (unpaired) electrons. The molecule has 5 aromatic rings. The summed E-state index contributed by atoms with van der Waals surface area (Å²) in [5.74, 6) is 1.31. The highest BCUT2D eigenvalue weighted by Crippen LogP contribution is 2.35. The number of ether oxygens (including phenoxy) is 1. The van der Waals surface area contributed by atoms with Crippen LogP contribution in [0.15, 0.2) is 65.6 Å². The van der Waals surface area contributed by atoms with Crippen LogP contribution in [0.5, 0.6) is 11.6 Å². The Morgan fingerprint density at radius 1 is 0.976 bits per heavy atom. The third kappa shape index (κ3) is 5.74. The smallest absolute Gasteiger partial charge is 0.265 e. The van der Waals surface area contributed by atoms with Crippen LogP contribution in [0.4, 0.5) is 5.69 Å². The summed E-state index contributed by atoms with van der Waals surface area (Å²) in [6, 6.07) is 18.5. The summed E-state index contributed by atoms with van der Waals surface area (Å²) in [5.41, 5.74) is 6.89. The molecule has 0 aliphatic rings. The molecule has 212 valence electrons. The van der Waals surface area contributed by atoms with Gasteiger partial charge in [0, 0.05) is 17.3 Å². The predicted molar refractivity (Wildman–Crippen MR) is 160 cm³/mol. The van der Waals surface area contributed by atoms with Gasteiger partial charge in [0.25, 0.3) is 5.91 Å². The summed E-state index contributed by atoms with van der Waals surface area (Å²) in [4.78, 5) is 14.0. The first-order valence-electron chi connectivity index (χ1n) is 13.4. The van der Waals surface area contributed by atoms with Crippen LogP contribution in [0.1, 0.15) is 41.2 Å². The first-order valence-corrected chi connectivity index (χ1v) is 14.5. The fourth-order valence-electron chi connectivity index (χ4n) is 4.96. The van der Waals surface area contributed by atoms with Gasteiger partial charge < -0.3 is 14.2 Å². The lowest BCUT2D eigenvalue weighted by Gasteiger charge is -2.22. The number of aromatic amines is 1. The molecule has 0 fully saturated rings. The maximum absolute atomic E-state index is 13.4. The van der Waals surface area contributed by atoms with Gasteiger partial charge >= 0.3 is 0 Å². The minimum absolute atomic E-state index is 0.223. The van der Waals surface area contributed by atoms with E-state index >= 15 is 0 Å². The summed E-state index contributed by atoms with van der Waals surface area (Å²) in [6.45, 7) is 11.8. The third-order valence-electron chi connectivity index (χ3n) is 6.98. The summed E-state index contributed by atoms with van der Waals surface area (Å²) in [5, 5.41) is 14.9. The minimum Gasteiger partial charge on any atom is -0.480 e. The lowest BCUT2D eigenvalue weighted by molar-refractivity contribution is -0.122. The second kappa shape index (κ2) is 11.6. The average molecular weight is 572 g/mol. The van der Waals surface area contributed by atoms with Crippen molar-refractivity contribution >= 4 is 28.3 Å². The van der Waals surface area contributed by atoms with Gasteiger partial charge in [-0.1, -0.05) is 48.9 Å². The molecule has 2 N–H and O–H groups in total. The van der Waals surface area contributed by atoms with E-state index in [2.05, 4.69) is 20.6 Å². The lowest BCUT2D eigenvalue weighted by atomic mass is 9.96. The van der Waals surface area contributed by atoms with Gasteiger partial charge in [-0.25, -0.2) is 8.72 Å². The van der Waals surface area contributed by atoms with E-state index in [1.54, 1.807) is 34.8 Å². The van der Waals surface area contributed by atoms with Crippen molar-refractivity contribution in [1.82, 2.24) is 19.8 Å². The van der Waals surface area contributed by atoms with Gasteiger partial charge in [-0.15, -0.1) is 10.2 Å². The van der Waals surface area contributed by atoms with E-state index in [0.29, 0.717) is 40.1 Å². The summed E-state index contributed by atoms with van der Waals surface area (Å²) in [6.07, 6.45) is -0.149. The monoisotopic (exact) mass is 571 g/mol. The Hall–Kier alpha value is -4.44. The summed E-state index contributed by atoms with van der Waals surface area (Å²) >= 11 is -1.69. The zero-order valence-electron chi connectivity index (χ0n) is 23.9. The maximum Gasteiger partial charge on any atom is 0.265 e.